The summed E-state index contributed by atoms with van der Waals surface area (Å²) in [6, 6.07) is 18.4. The maximum Gasteiger partial charge on any atom is 0.261 e. The molecule has 1 atom stereocenters. The number of carbonyl (C=O) groups excluding carboxylic acids is 1. The molecule has 2 aromatic carbocycles. The molecule has 1 aliphatic rings. The van der Waals surface area contributed by atoms with Crippen LogP contribution in [0.4, 0.5) is 5.00 Å². The highest BCUT2D eigenvalue weighted by Crippen LogP contribution is 2.39. The number of hydrogen-bond donors (Lipinski definition) is 1. The lowest BCUT2D eigenvalue weighted by molar-refractivity contribution is 0.0944. The second-order valence-corrected chi connectivity index (χ2v) is 10.9. The molecule has 1 fully saturated rings. The van der Waals surface area contributed by atoms with Gasteiger partial charge in [-0.2, -0.15) is 0 Å². The second-order valence-electron chi connectivity index (χ2n) is 7.83. The van der Waals surface area contributed by atoms with Gasteiger partial charge in [-0.05, 0) is 36.2 Å². The van der Waals surface area contributed by atoms with E-state index in [2.05, 4.69) is 22.3 Å². The molecule has 168 valence electrons. The quantitative estimate of drug-likeness (QED) is 0.586. The highest BCUT2D eigenvalue weighted by atomic mass is 32.2. The molecule has 1 aromatic heterocycles. The Hall–Kier alpha value is -2.68. The third-order valence-corrected chi connectivity index (χ3v) is 7.80. The molecule has 32 heavy (non-hydrogen) atoms. The molecule has 0 saturated carbocycles. The number of benzene rings is 2. The standard InChI is InChI=1S/C24H26N2O4S2/c1-17(18-8-10-20(11-9-18)32(2,28)29)25-23(27)22-16-21(19-6-4-3-5-7-19)24(31-22)26-12-14-30-15-13-26/h3-11,16-17H,12-15H2,1-2H3,(H,25,27). The average molecular weight is 471 g/mol. The van der Waals surface area contributed by atoms with Crippen molar-refractivity contribution in [1.29, 1.82) is 0 Å². The van der Waals surface area contributed by atoms with Crippen LogP contribution >= 0.6 is 11.3 Å². The van der Waals surface area contributed by atoms with Crippen LogP contribution in [0.1, 0.15) is 28.2 Å². The molecule has 0 aliphatic carbocycles. The van der Waals surface area contributed by atoms with Crippen LogP contribution in [0.25, 0.3) is 11.1 Å². The molecule has 2 heterocycles. The molecule has 3 aromatic rings. The van der Waals surface area contributed by atoms with Crippen molar-refractivity contribution in [3.05, 3.63) is 71.1 Å². The summed E-state index contributed by atoms with van der Waals surface area (Å²) in [5.74, 6) is -0.147. The normalized spacial score (nSPS) is 15.4. The molecule has 0 spiro atoms. The first-order valence-corrected chi connectivity index (χ1v) is 13.2. The summed E-state index contributed by atoms with van der Waals surface area (Å²) < 4.78 is 28.9. The van der Waals surface area contributed by atoms with Crippen LogP contribution in [0.2, 0.25) is 0 Å². The SMILES string of the molecule is CC(NC(=O)c1cc(-c2ccccc2)c(N2CCOCC2)s1)c1ccc(S(C)(=O)=O)cc1. The van der Waals surface area contributed by atoms with Gasteiger partial charge in [0.2, 0.25) is 0 Å². The number of ether oxygens (including phenoxy) is 1. The molecular formula is C24H26N2O4S2. The minimum absolute atomic E-state index is 0.147. The highest BCUT2D eigenvalue weighted by molar-refractivity contribution is 7.90. The third-order valence-electron chi connectivity index (χ3n) is 5.48. The Morgan fingerprint density at radius 3 is 2.34 bits per heavy atom. The maximum atomic E-state index is 13.1. The molecule has 1 aliphatic heterocycles. The van der Waals surface area contributed by atoms with Gasteiger partial charge in [0.25, 0.3) is 5.91 Å². The van der Waals surface area contributed by atoms with Gasteiger partial charge in [0, 0.05) is 24.9 Å². The predicted octanol–water partition coefficient (Wildman–Crippen LogP) is 4.15. The van der Waals surface area contributed by atoms with Gasteiger partial charge in [-0.15, -0.1) is 11.3 Å². The average Bonchev–Trinajstić information content (AvgIpc) is 3.25. The van der Waals surface area contributed by atoms with E-state index >= 15 is 0 Å². The van der Waals surface area contributed by atoms with Crippen LogP contribution in [-0.2, 0) is 14.6 Å². The Labute approximate surface area is 192 Å². The number of rotatable bonds is 6. The van der Waals surface area contributed by atoms with Crippen molar-refractivity contribution in [3.8, 4) is 11.1 Å². The number of anilines is 1. The molecule has 1 unspecified atom stereocenters. The van der Waals surface area contributed by atoms with Gasteiger partial charge in [-0.25, -0.2) is 8.42 Å². The Kier molecular flexibility index (Phi) is 6.64. The first-order chi connectivity index (χ1) is 15.3. The van der Waals surface area contributed by atoms with Gasteiger partial charge in [0.15, 0.2) is 9.84 Å². The summed E-state index contributed by atoms with van der Waals surface area (Å²) in [6.45, 7) is 4.83. The van der Waals surface area contributed by atoms with E-state index in [1.165, 1.54) is 17.6 Å². The molecule has 1 saturated heterocycles. The third kappa shape index (κ3) is 5.03. The Morgan fingerprint density at radius 1 is 1.06 bits per heavy atom. The summed E-state index contributed by atoms with van der Waals surface area (Å²) in [4.78, 5) is 16.3. The van der Waals surface area contributed by atoms with Gasteiger partial charge in [0.1, 0.15) is 0 Å². The fourth-order valence-electron chi connectivity index (χ4n) is 3.67. The molecule has 6 nitrogen and oxygen atoms in total. The van der Waals surface area contributed by atoms with Gasteiger partial charge >= 0.3 is 0 Å². The van der Waals surface area contributed by atoms with E-state index in [1.807, 2.05) is 31.2 Å². The van der Waals surface area contributed by atoms with Crippen LogP contribution in [-0.4, -0.2) is 46.9 Å². The molecule has 0 radical (unpaired) electrons. The second kappa shape index (κ2) is 9.44. The summed E-state index contributed by atoms with van der Waals surface area (Å²) >= 11 is 1.49. The molecule has 4 rings (SSSR count). The number of nitrogens with one attached hydrogen (secondary N) is 1. The molecule has 0 bridgehead atoms. The number of nitrogens with zero attached hydrogens (tertiary/aromatic N) is 1. The zero-order valence-electron chi connectivity index (χ0n) is 18.1. The van der Waals surface area contributed by atoms with Crippen LogP contribution in [0.15, 0.2) is 65.6 Å². The van der Waals surface area contributed by atoms with E-state index in [9.17, 15) is 13.2 Å². The zero-order valence-corrected chi connectivity index (χ0v) is 19.7. The fraction of sp³-hybridized carbons (Fsp3) is 0.292. The number of morpholine rings is 1. The smallest absolute Gasteiger partial charge is 0.261 e. The van der Waals surface area contributed by atoms with Crippen molar-refractivity contribution >= 4 is 32.1 Å². The Balaban J connectivity index is 1.57. The minimum Gasteiger partial charge on any atom is -0.378 e. The van der Waals surface area contributed by atoms with E-state index in [0.717, 1.165) is 34.8 Å². The first-order valence-electron chi connectivity index (χ1n) is 10.5. The van der Waals surface area contributed by atoms with Gasteiger partial charge in [-0.1, -0.05) is 42.5 Å². The Bertz CT molecular complexity index is 1180. The van der Waals surface area contributed by atoms with Crippen LogP contribution < -0.4 is 10.2 Å². The van der Waals surface area contributed by atoms with Crippen LogP contribution in [0.5, 0.6) is 0 Å². The van der Waals surface area contributed by atoms with Crippen molar-refractivity contribution in [3.63, 3.8) is 0 Å². The van der Waals surface area contributed by atoms with Gasteiger partial charge < -0.3 is 15.0 Å². The maximum absolute atomic E-state index is 13.1. The predicted molar refractivity (Wildman–Crippen MR) is 128 cm³/mol. The van der Waals surface area contributed by atoms with Crippen LogP contribution in [0, 0.1) is 0 Å². The Morgan fingerprint density at radius 2 is 1.72 bits per heavy atom. The summed E-state index contributed by atoms with van der Waals surface area (Å²) in [5.41, 5.74) is 2.97. The summed E-state index contributed by atoms with van der Waals surface area (Å²) in [6.07, 6.45) is 1.18. The van der Waals surface area contributed by atoms with E-state index in [1.54, 1.807) is 24.3 Å². The van der Waals surface area contributed by atoms with E-state index in [0.29, 0.717) is 18.1 Å². The fourth-order valence-corrected chi connectivity index (χ4v) is 5.44. The van der Waals surface area contributed by atoms with E-state index in [-0.39, 0.29) is 16.8 Å². The highest BCUT2D eigenvalue weighted by Gasteiger charge is 2.23. The van der Waals surface area contributed by atoms with Crippen molar-refractivity contribution in [2.45, 2.75) is 17.9 Å². The number of amides is 1. The summed E-state index contributed by atoms with van der Waals surface area (Å²) in [5, 5.41) is 4.12. The lowest BCUT2D eigenvalue weighted by Gasteiger charge is -2.28. The number of thiophene rings is 1. The molecular weight excluding hydrogens is 444 g/mol. The van der Waals surface area contributed by atoms with Crippen LogP contribution in [0.3, 0.4) is 0 Å². The monoisotopic (exact) mass is 470 g/mol. The minimum atomic E-state index is -3.25. The molecule has 1 N–H and O–H groups in total. The number of carbonyl (C=O) groups is 1. The largest absolute Gasteiger partial charge is 0.378 e. The van der Waals surface area contributed by atoms with E-state index < -0.39 is 9.84 Å². The summed E-state index contributed by atoms with van der Waals surface area (Å²) in [7, 11) is -3.25. The van der Waals surface area contributed by atoms with Gasteiger partial charge in [-0.3, -0.25) is 4.79 Å². The van der Waals surface area contributed by atoms with Crippen molar-refractivity contribution in [2.75, 3.05) is 37.5 Å². The van der Waals surface area contributed by atoms with E-state index in [4.69, 9.17) is 4.74 Å². The molecule has 8 heteroatoms. The van der Waals surface area contributed by atoms with Crippen molar-refractivity contribution in [1.82, 2.24) is 5.32 Å². The first kappa shape index (κ1) is 22.5. The van der Waals surface area contributed by atoms with Crippen molar-refractivity contribution < 1.29 is 17.9 Å². The van der Waals surface area contributed by atoms with Gasteiger partial charge in [0.05, 0.1) is 34.0 Å². The lowest BCUT2D eigenvalue weighted by Crippen LogP contribution is -2.35. The lowest BCUT2D eigenvalue weighted by atomic mass is 10.1. The number of sulfone groups is 1. The molecule has 1 amide bonds. The topological polar surface area (TPSA) is 75.7 Å². The number of hydrogen-bond acceptors (Lipinski definition) is 6. The van der Waals surface area contributed by atoms with Crippen molar-refractivity contribution in [2.24, 2.45) is 0 Å². The zero-order chi connectivity index (χ0) is 22.7.